The van der Waals surface area contributed by atoms with Crippen LogP contribution in [0.3, 0.4) is 0 Å². The van der Waals surface area contributed by atoms with Crippen molar-refractivity contribution in [2.24, 2.45) is 5.92 Å². The van der Waals surface area contributed by atoms with Gasteiger partial charge in [0.15, 0.2) is 6.39 Å². The monoisotopic (exact) mass is 433 g/mol. The average molecular weight is 434 g/mol. The van der Waals surface area contributed by atoms with E-state index in [0.29, 0.717) is 37.1 Å². The highest BCUT2D eigenvalue weighted by Gasteiger charge is 2.30. The fourth-order valence-corrected chi connectivity index (χ4v) is 3.99. The molecule has 0 saturated heterocycles. The summed E-state index contributed by atoms with van der Waals surface area (Å²) in [5, 5.41) is 12.7. The summed E-state index contributed by atoms with van der Waals surface area (Å²) in [5.41, 5.74) is 4.02. The van der Waals surface area contributed by atoms with Crippen molar-refractivity contribution >= 4 is 23.2 Å². The summed E-state index contributed by atoms with van der Waals surface area (Å²) < 4.78 is 5.00. The summed E-state index contributed by atoms with van der Waals surface area (Å²) in [7, 11) is 0. The zero-order chi connectivity index (χ0) is 22.5. The van der Waals surface area contributed by atoms with Crippen molar-refractivity contribution < 1.29 is 19.1 Å². The Balaban J connectivity index is 1.46. The molecule has 2 aromatic carbocycles. The Morgan fingerprint density at radius 3 is 2.38 bits per heavy atom. The van der Waals surface area contributed by atoms with Crippen molar-refractivity contribution in [3.05, 3.63) is 66.8 Å². The highest BCUT2D eigenvalue weighted by atomic mass is 16.3. The number of nitrogens with zero attached hydrogens (tertiary/aromatic N) is 2. The van der Waals surface area contributed by atoms with Crippen LogP contribution in [-0.2, 0) is 9.59 Å². The van der Waals surface area contributed by atoms with Gasteiger partial charge in [-0.3, -0.25) is 9.59 Å². The minimum atomic E-state index is -0.338. The number of carbonyl (C=O) groups excluding carboxylic acids is 2. The molecule has 4 rings (SSSR count). The van der Waals surface area contributed by atoms with Gasteiger partial charge in [0.1, 0.15) is 18.5 Å². The molecule has 1 aromatic heterocycles. The summed E-state index contributed by atoms with van der Waals surface area (Å²) in [5.74, 6) is -0.532. The van der Waals surface area contributed by atoms with Crippen molar-refractivity contribution in [1.29, 1.82) is 0 Å². The highest BCUT2D eigenvalue weighted by Crippen LogP contribution is 2.28. The number of rotatable bonds is 6. The van der Waals surface area contributed by atoms with E-state index < -0.39 is 0 Å². The van der Waals surface area contributed by atoms with E-state index in [-0.39, 0.29) is 30.4 Å². The standard InChI is InChI=1S/C25H27N3O4/c1-17-2-10-21(11-3-17)28(25(31)19-6-12-22(29)13-7-19)14-24(30)27-20-8-4-18(5-9-20)23-15-32-16-26-23/h2-5,8-11,15-16,19,22,29H,6-7,12-14H2,1H3,(H,27,30). The molecule has 0 atom stereocenters. The maximum absolute atomic E-state index is 13.3. The van der Waals surface area contributed by atoms with Gasteiger partial charge in [-0.05, 0) is 56.9 Å². The lowest BCUT2D eigenvalue weighted by molar-refractivity contribution is -0.125. The number of carbonyl (C=O) groups is 2. The minimum Gasteiger partial charge on any atom is -0.451 e. The molecule has 1 aliphatic rings. The molecule has 32 heavy (non-hydrogen) atoms. The first-order valence-electron chi connectivity index (χ1n) is 10.8. The first kappa shape index (κ1) is 21.8. The highest BCUT2D eigenvalue weighted by molar-refractivity contribution is 6.03. The Morgan fingerprint density at radius 2 is 1.75 bits per heavy atom. The normalized spacial score (nSPS) is 18.2. The topological polar surface area (TPSA) is 95.7 Å². The van der Waals surface area contributed by atoms with E-state index in [1.54, 1.807) is 23.3 Å². The van der Waals surface area contributed by atoms with E-state index in [0.717, 1.165) is 16.8 Å². The Hall–Kier alpha value is -3.45. The molecule has 7 heteroatoms. The predicted octanol–water partition coefficient (Wildman–Crippen LogP) is 4.17. The lowest BCUT2D eigenvalue weighted by Crippen LogP contribution is -2.42. The van der Waals surface area contributed by atoms with E-state index in [1.807, 2.05) is 43.3 Å². The van der Waals surface area contributed by atoms with Crippen molar-refractivity contribution in [2.45, 2.75) is 38.7 Å². The van der Waals surface area contributed by atoms with E-state index in [1.165, 1.54) is 6.39 Å². The third-order valence-corrected chi connectivity index (χ3v) is 5.86. The number of benzene rings is 2. The number of aryl methyl sites for hydroxylation is 1. The molecule has 166 valence electrons. The van der Waals surface area contributed by atoms with Gasteiger partial charge in [-0.1, -0.05) is 29.8 Å². The van der Waals surface area contributed by atoms with Crippen LogP contribution in [0.2, 0.25) is 0 Å². The van der Waals surface area contributed by atoms with E-state index >= 15 is 0 Å². The van der Waals surface area contributed by atoms with Crippen LogP contribution in [0.5, 0.6) is 0 Å². The summed E-state index contributed by atoms with van der Waals surface area (Å²) in [6, 6.07) is 14.9. The van der Waals surface area contributed by atoms with Crippen molar-refractivity contribution in [2.75, 3.05) is 16.8 Å². The van der Waals surface area contributed by atoms with Crippen LogP contribution in [0.25, 0.3) is 11.3 Å². The molecule has 3 aromatic rings. The summed E-state index contributed by atoms with van der Waals surface area (Å²) in [6.07, 6.45) is 5.08. The lowest BCUT2D eigenvalue weighted by atomic mass is 9.86. The quantitative estimate of drug-likeness (QED) is 0.608. The third-order valence-electron chi connectivity index (χ3n) is 5.86. The van der Waals surface area contributed by atoms with E-state index in [4.69, 9.17) is 4.42 Å². The molecular formula is C25H27N3O4. The van der Waals surface area contributed by atoms with Crippen LogP contribution in [0.15, 0.2) is 65.6 Å². The summed E-state index contributed by atoms with van der Waals surface area (Å²) in [4.78, 5) is 31.8. The Kier molecular flexibility index (Phi) is 6.66. The first-order valence-corrected chi connectivity index (χ1v) is 10.8. The third kappa shape index (κ3) is 5.23. The number of aliphatic hydroxyl groups is 1. The van der Waals surface area contributed by atoms with Gasteiger partial charge in [0.25, 0.3) is 0 Å². The zero-order valence-corrected chi connectivity index (χ0v) is 18.0. The number of aliphatic hydroxyl groups excluding tert-OH is 1. The fourth-order valence-electron chi connectivity index (χ4n) is 3.99. The van der Waals surface area contributed by atoms with Gasteiger partial charge >= 0.3 is 0 Å². The van der Waals surface area contributed by atoms with Crippen LogP contribution >= 0.6 is 0 Å². The molecule has 1 fully saturated rings. The number of aromatic nitrogens is 1. The average Bonchev–Trinajstić information content (AvgIpc) is 3.34. The van der Waals surface area contributed by atoms with Crippen LogP contribution in [0, 0.1) is 12.8 Å². The number of hydrogen-bond acceptors (Lipinski definition) is 5. The Morgan fingerprint density at radius 1 is 1.06 bits per heavy atom. The fraction of sp³-hybridized carbons (Fsp3) is 0.320. The van der Waals surface area contributed by atoms with E-state index in [2.05, 4.69) is 10.3 Å². The Bertz CT molecular complexity index is 1040. The maximum atomic E-state index is 13.3. The molecule has 2 amide bonds. The van der Waals surface area contributed by atoms with E-state index in [9.17, 15) is 14.7 Å². The summed E-state index contributed by atoms with van der Waals surface area (Å²) >= 11 is 0. The van der Waals surface area contributed by atoms with Crippen molar-refractivity contribution in [3.8, 4) is 11.3 Å². The smallest absolute Gasteiger partial charge is 0.244 e. The van der Waals surface area contributed by atoms with Gasteiger partial charge in [-0.15, -0.1) is 0 Å². The van der Waals surface area contributed by atoms with Gasteiger partial charge in [-0.25, -0.2) is 4.98 Å². The molecule has 0 aliphatic heterocycles. The van der Waals surface area contributed by atoms with Gasteiger partial charge in [0.05, 0.1) is 6.10 Å². The maximum Gasteiger partial charge on any atom is 0.244 e. The van der Waals surface area contributed by atoms with Crippen LogP contribution in [-0.4, -0.2) is 34.6 Å². The summed E-state index contributed by atoms with van der Waals surface area (Å²) in [6.45, 7) is 1.90. The molecule has 0 bridgehead atoms. The molecule has 7 nitrogen and oxygen atoms in total. The predicted molar refractivity (Wildman–Crippen MR) is 122 cm³/mol. The second kappa shape index (κ2) is 9.78. The zero-order valence-electron chi connectivity index (χ0n) is 18.0. The van der Waals surface area contributed by atoms with Gasteiger partial charge in [0, 0.05) is 22.9 Å². The molecule has 1 aliphatic carbocycles. The molecule has 2 N–H and O–H groups in total. The van der Waals surface area contributed by atoms with Gasteiger partial charge in [-0.2, -0.15) is 0 Å². The molecular weight excluding hydrogens is 406 g/mol. The lowest BCUT2D eigenvalue weighted by Gasteiger charge is -2.30. The molecule has 0 unspecified atom stereocenters. The number of nitrogens with one attached hydrogen (secondary N) is 1. The Labute approximate surface area is 187 Å². The second-order valence-corrected chi connectivity index (χ2v) is 8.26. The first-order chi connectivity index (χ1) is 15.5. The van der Waals surface area contributed by atoms with Gasteiger partial charge < -0.3 is 19.7 Å². The molecule has 1 saturated carbocycles. The second-order valence-electron chi connectivity index (χ2n) is 8.26. The van der Waals surface area contributed by atoms with Crippen LogP contribution in [0.4, 0.5) is 11.4 Å². The molecule has 1 heterocycles. The van der Waals surface area contributed by atoms with Crippen LogP contribution < -0.4 is 10.2 Å². The number of amides is 2. The molecule has 0 radical (unpaired) electrons. The largest absolute Gasteiger partial charge is 0.451 e. The van der Waals surface area contributed by atoms with Crippen molar-refractivity contribution in [3.63, 3.8) is 0 Å². The number of hydrogen-bond donors (Lipinski definition) is 2. The van der Waals surface area contributed by atoms with Gasteiger partial charge in [0.2, 0.25) is 11.8 Å². The minimum absolute atomic E-state index is 0.0720. The van der Waals surface area contributed by atoms with Crippen molar-refractivity contribution in [1.82, 2.24) is 4.98 Å². The molecule has 0 spiro atoms. The SMILES string of the molecule is Cc1ccc(N(CC(=O)Nc2ccc(-c3cocn3)cc2)C(=O)C2CCC(O)CC2)cc1. The number of anilines is 2. The number of oxazole rings is 1. The van der Waals surface area contributed by atoms with Crippen LogP contribution in [0.1, 0.15) is 31.2 Å².